The summed E-state index contributed by atoms with van der Waals surface area (Å²) in [5, 5.41) is 2.63. The van der Waals surface area contributed by atoms with Crippen LogP contribution in [0.3, 0.4) is 0 Å². The third-order valence-corrected chi connectivity index (χ3v) is 4.50. The van der Waals surface area contributed by atoms with Crippen molar-refractivity contribution in [2.75, 3.05) is 12.4 Å². The van der Waals surface area contributed by atoms with Gasteiger partial charge in [0.05, 0.1) is 22.7 Å². The lowest BCUT2D eigenvalue weighted by Gasteiger charge is -2.07. The Morgan fingerprint density at radius 3 is 2.64 bits per heavy atom. The van der Waals surface area contributed by atoms with Gasteiger partial charge in [0.1, 0.15) is 5.75 Å². The highest BCUT2D eigenvalue weighted by Gasteiger charge is 2.05. The molecule has 2 aromatic carbocycles. The number of fused-ring (bicyclic) bond motifs is 1. The Bertz CT molecular complexity index is 807. The van der Waals surface area contributed by atoms with E-state index in [1.54, 1.807) is 30.0 Å². The number of nitrogens with one attached hydrogen (secondary N) is 1. The molecule has 0 bridgehead atoms. The number of halogens is 3. The van der Waals surface area contributed by atoms with Crippen molar-refractivity contribution in [1.29, 1.82) is 0 Å². The first kappa shape index (κ1) is 15.8. The van der Waals surface area contributed by atoms with Crippen molar-refractivity contribution < 1.29 is 4.74 Å². The van der Waals surface area contributed by atoms with Gasteiger partial charge in [-0.2, -0.15) is 0 Å². The molecule has 0 aliphatic carbocycles. The van der Waals surface area contributed by atoms with E-state index in [0.29, 0.717) is 27.4 Å². The molecule has 114 valence electrons. The summed E-state index contributed by atoms with van der Waals surface area (Å²) in [6.07, 6.45) is 0. The van der Waals surface area contributed by atoms with Gasteiger partial charge in [0.15, 0.2) is 5.16 Å². The fraction of sp³-hybridized carbons (Fsp3) is 0.133. The van der Waals surface area contributed by atoms with Crippen LogP contribution in [0.25, 0.3) is 11.0 Å². The number of benzene rings is 2. The lowest BCUT2D eigenvalue weighted by atomic mass is 10.3. The van der Waals surface area contributed by atoms with Crippen LogP contribution < -0.4 is 4.74 Å². The van der Waals surface area contributed by atoms with Gasteiger partial charge >= 0.3 is 0 Å². The normalized spacial score (nSPS) is 11.0. The Morgan fingerprint density at radius 2 is 1.82 bits per heavy atom. The topological polar surface area (TPSA) is 37.9 Å². The molecule has 0 amide bonds. The van der Waals surface area contributed by atoms with Crippen LogP contribution in [0.1, 0.15) is 0 Å². The van der Waals surface area contributed by atoms with Gasteiger partial charge in [-0.15, -0.1) is 0 Å². The molecule has 0 spiro atoms. The van der Waals surface area contributed by atoms with Crippen LogP contribution in [0.2, 0.25) is 15.1 Å². The van der Waals surface area contributed by atoms with E-state index in [2.05, 4.69) is 9.97 Å². The molecule has 0 unspecified atom stereocenters. The summed E-state index contributed by atoms with van der Waals surface area (Å²) in [5.41, 5.74) is 1.82. The summed E-state index contributed by atoms with van der Waals surface area (Å²) in [5.74, 6) is 1.37. The summed E-state index contributed by atoms with van der Waals surface area (Å²) in [7, 11) is 0. The molecule has 3 rings (SSSR count). The average molecular weight is 374 g/mol. The first-order chi connectivity index (χ1) is 10.6. The molecule has 0 atom stereocenters. The van der Waals surface area contributed by atoms with Crippen molar-refractivity contribution in [3.8, 4) is 5.75 Å². The van der Waals surface area contributed by atoms with Crippen molar-refractivity contribution in [2.45, 2.75) is 5.16 Å². The number of aromatic nitrogens is 2. The molecule has 3 aromatic rings. The summed E-state index contributed by atoms with van der Waals surface area (Å²) in [4.78, 5) is 7.70. The largest absolute Gasteiger partial charge is 0.491 e. The Morgan fingerprint density at radius 1 is 1.05 bits per heavy atom. The van der Waals surface area contributed by atoms with Gasteiger partial charge < -0.3 is 9.72 Å². The lowest BCUT2D eigenvalue weighted by Crippen LogP contribution is -2.00. The van der Waals surface area contributed by atoms with Gasteiger partial charge in [0, 0.05) is 15.8 Å². The predicted octanol–water partition coefficient (Wildman–Crippen LogP) is 5.69. The standard InChI is InChI=1S/C15H11Cl3N2OS/c16-9-2-4-14(11(18)7-9)21-5-6-22-15-19-12-3-1-10(17)8-13(12)20-15/h1-4,7-8H,5-6H2,(H,19,20). The van der Waals surface area contributed by atoms with E-state index >= 15 is 0 Å². The second kappa shape index (κ2) is 7.01. The molecule has 1 aromatic heterocycles. The molecule has 1 heterocycles. The van der Waals surface area contributed by atoms with Crippen LogP contribution >= 0.6 is 46.6 Å². The number of H-pyrrole nitrogens is 1. The Balaban J connectivity index is 1.55. The molecule has 0 fully saturated rings. The Kier molecular flexibility index (Phi) is 5.03. The fourth-order valence-electron chi connectivity index (χ4n) is 1.91. The number of hydrogen-bond acceptors (Lipinski definition) is 3. The molecule has 0 saturated heterocycles. The SMILES string of the molecule is Clc1ccc(OCCSc2nc3ccc(Cl)cc3[nH]2)c(Cl)c1. The minimum atomic E-state index is 0.510. The molecule has 7 heteroatoms. The second-order valence-corrected chi connectivity index (χ2v) is 6.84. The number of aromatic amines is 1. The fourth-order valence-corrected chi connectivity index (χ4v) is 3.25. The average Bonchev–Trinajstić information content (AvgIpc) is 2.87. The van der Waals surface area contributed by atoms with Crippen LogP contribution in [-0.2, 0) is 0 Å². The summed E-state index contributed by atoms with van der Waals surface area (Å²) >= 11 is 19.4. The minimum absolute atomic E-state index is 0.510. The summed E-state index contributed by atoms with van der Waals surface area (Å²) in [6, 6.07) is 10.7. The van der Waals surface area contributed by atoms with Crippen LogP contribution in [0.5, 0.6) is 5.75 Å². The van der Waals surface area contributed by atoms with Crippen molar-refractivity contribution in [3.05, 3.63) is 51.5 Å². The molecular formula is C15H11Cl3N2OS. The van der Waals surface area contributed by atoms with Gasteiger partial charge in [0.25, 0.3) is 0 Å². The summed E-state index contributed by atoms with van der Waals surface area (Å²) in [6.45, 7) is 0.518. The van der Waals surface area contributed by atoms with E-state index < -0.39 is 0 Å². The van der Waals surface area contributed by atoms with Crippen molar-refractivity contribution in [3.63, 3.8) is 0 Å². The van der Waals surface area contributed by atoms with Gasteiger partial charge in [-0.1, -0.05) is 46.6 Å². The molecule has 0 saturated carbocycles. The summed E-state index contributed by atoms with van der Waals surface area (Å²) < 4.78 is 5.63. The third kappa shape index (κ3) is 3.82. The smallest absolute Gasteiger partial charge is 0.166 e. The highest BCUT2D eigenvalue weighted by Crippen LogP contribution is 2.28. The first-order valence-electron chi connectivity index (χ1n) is 6.48. The molecule has 22 heavy (non-hydrogen) atoms. The maximum atomic E-state index is 6.05. The van der Waals surface area contributed by atoms with Crippen molar-refractivity contribution in [2.24, 2.45) is 0 Å². The van der Waals surface area contributed by atoms with Crippen molar-refractivity contribution in [1.82, 2.24) is 9.97 Å². The van der Waals surface area contributed by atoms with E-state index in [0.717, 1.165) is 21.9 Å². The van der Waals surface area contributed by atoms with Crippen LogP contribution in [-0.4, -0.2) is 22.3 Å². The van der Waals surface area contributed by atoms with Crippen molar-refractivity contribution >= 4 is 57.6 Å². The highest BCUT2D eigenvalue weighted by molar-refractivity contribution is 7.99. The molecule has 0 radical (unpaired) electrons. The molecule has 0 aliphatic heterocycles. The minimum Gasteiger partial charge on any atom is -0.491 e. The van der Waals surface area contributed by atoms with E-state index in [9.17, 15) is 0 Å². The number of ether oxygens (including phenoxy) is 1. The third-order valence-electron chi connectivity index (χ3n) is 2.90. The van der Waals surface area contributed by atoms with Gasteiger partial charge in [-0.25, -0.2) is 4.98 Å². The van der Waals surface area contributed by atoms with E-state index in [-0.39, 0.29) is 0 Å². The van der Waals surface area contributed by atoms with Crippen LogP contribution in [0.15, 0.2) is 41.6 Å². The number of hydrogen-bond donors (Lipinski definition) is 1. The Hall–Kier alpha value is -1.07. The second-order valence-electron chi connectivity index (χ2n) is 4.48. The van der Waals surface area contributed by atoms with Crippen LogP contribution in [0.4, 0.5) is 0 Å². The van der Waals surface area contributed by atoms with E-state index in [1.807, 2.05) is 18.2 Å². The predicted molar refractivity (Wildman–Crippen MR) is 93.8 cm³/mol. The van der Waals surface area contributed by atoms with Gasteiger partial charge in [-0.3, -0.25) is 0 Å². The quantitative estimate of drug-likeness (QED) is 0.461. The molecule has 3 nitrogen and oxygen atoms in total. The lowest BCUT2D eigenvalue weighted by molar-refractivity contribution is 0.344. The zero-order valence-electron chi connectivity index (χ0n) is 11.3. The van der Waals surface area contributed by atoms with Crippen LogP contribution in [0, 0.1) is 0 Å². The van der Waals surface area contributed by atoms with E-state index in [4.69, 9.17) is 39.5 Å². The monoisotopic (exact) mass is 372 g/mol. The number of imidazole rings is 1. The van der Waals surface area contributed by atoms with Gasteiger partial charge in [-0.05, 0) is 36.4 Å². The number of thioether (sulfide) groups is 1. The maximum Gasteiger partial charge on any atom is 0.166 e. The maximum absolute atomic E-state index is 6.05. The zero-order chi connectivity index (χ0) is 15.5. The van der Waals surface area contributed by atoms with Gasteiger partial charge in [0.2, 0.25) is 0 Å². The Labute approximate surface area is 146 Å². The number of nitrogens with zero attached hydrogens (tertiary/aromatic N) is 1. The molecule has 0 aliphatic rings. The molecule has 1 N–H and O–H groups in total. The first-order valence-corrected chi connectivity index (χ1v) is 8.60. The highest BCUT2D eigenvalue weighted by atomic mass is 35.5. The van der Waals surface area contributed by atoms with E-state index in [1.165, 1.54) is 0 Å². The zero-order valence-corrected chi connectivity index (χ0v) is 14.4. The molecular weight excluding hydrogens is 363 g/mol. The number of rotatable bonds is 5.